The van der Waals surface area contributed by atoms with Crippen molar-refractivity contribution in [1.82, 2.24) is 24.7 Å². The van der Waals surface area contributed by atoms with E-state index in [0.29, 0.717) is 24.3 Å². The highest BCUT2D eigenvalue weighted by atomic mass is 32.2. The van der Waals surface area contributed by atoms with Crippen molar-refractivity contribution < 1.29 is 19.5 Å². The monoisotopic (exact) mass is 609 g/mol. The summed E-state index contributed by atoms with van der Waals surface area (Å²) in [7, 11) is 1.72. The number of nitrogens with one attached hydrogen (secondary N) is 1. The Labute approximate surface area is 260 Å². The van der Waals surface area contributed by atoms with Crippen molar-refractivity contribution in [2.24, 2.45) is 0 Å². The van der Waals surface area contributed by atoms with Gasteiger partial charge in [0, 0.05) is 68.6 Å². The number of β-amino-alcohol motifs (C(OH)–C–C–N with tert-alkyl or cyclic N) is 1. The lowest BCUT2D eigenvalue weighted by molar-refractivity contribution is -0.136. The van der Waals surface area contributed by atoms with Crippen molar-refractivity contribution in [3.8, 4) is 0 Å². The smallest absolute Gasteiger partial charge is 0.256 e. The lowest BCUT2D eigenvalue weighted by Gasteiger charge is -2.28. The summed E-state index contributed by atoms with van der Waals surface area (Å²) in [5, 5.41) is 13.6. The van der Waals surface area contributed by atoms with Crippen LogP contribution in [0.3, 0.4) is 0 Å². The first kappa shape index (κ1) is 29.7. The molecule has 3 amide bonds. The lowest BCUT2D eigenvalue weighted by Crippen LogP contribution is -2.54. The summed E-state index contributed by atoms with van der Waals surface area (Å²) >= 11 is 1.71. The molecule has 0 aliphatic carbocycles. The number of aliphatic hydroxyl groups is 1. The Morgan fingerprint density at radius 1 is 1.02 bits per heavy atom. The van der Waals surface area contributed by atoms with E-state index in [4.69, 9.17) is 0 Å². The molecule has 2 aromatic heterocycles. The average molecular weight is 610 g/mol. The fraction of sp³-hybridized carbons (Fsp3) is 0.294. The molecular formula is C34H35N5O4S. The highest BCUT2D eigenvalue weighted by Crippen LogP contribution is 2.42. The summed E-state index contributed by atoms with van der Waals surface area (Å²) in [5.74, 6) is -0.334. The normalized spacial score (nSPS) is 19.8. The molecule has 1 saturated heterocycles. The zero-order chi connectivity index (χ0) is 30.6. The SMILES string of the molecule is CN(Cc1ccccc1)C(=O)C(Cc1ccccc1)NC(=O)C1CC(O)CN1C(=O)c1ccn2c1CSC2c1cccnc1. The number of hydrogen-bond acceptors (Lipinski definition) is 6. The van der Waals surface area contributed by atoms with Gasteiger partial charge in [-0.3, -0.25) is 19.4 Å². The van der Waals surface area contributed by atoms with Gasteiger partial charge in [0.1, 0.15) is 17.5 Å². The van der Waals surface area contributed by atoms with Gasteiger partial charge in [0.15, 0.2) is 0 Å². The number of hydrogen-bond donors (Lipinski definition) is 2. The van der Waals surface area contributed by atoms with Gasteiger partial charge in [-0.2, -0.15) is 0 Å². The summed E-state index contributed by atoms with van der Waals surface area (Å²) in [6.07, 6.45) is 5.03. The number of aromatic nitrogens is 2. The number of likely N-dealkylation sites (N-methyl/N-ethyl adjacent to an activating group) is 1. The Kier molecular flexibility index (Phi) is 8.81. The van der Waals surface area contributed by atoms with Crippen LogP contribution in [0.2, 0.25) is 0 Å². The van der Waals surface area contributed by atoms with Crippen LogP contribution in [-0.2, 0) is 28.3 Å². The predicted octanol–water partition coefficient (Wildman–Crippen LogP) is 3.64. The van der Waals surface area contributed by atoms with Gasteiger partial charge in [-0.1, -0.05) is 66.7 Å². The molecular weight excluding hydrogens is 574 g/mol. The van der Waals surface area contributed by atoms with Gasteiger partial charge in [0.25, 0.3) is 5.91 Å². The number of aliphatic hydroxyl groups excluding tert-OH is 1. The number of carbonyl (C=O) groups is 3. The maximum atomic E-state index is 13.9. The molecule has 4 aromatic rings. The molecule has 0 spiro atoms. The molecule has 0 bridgehead atoms. The Bertz CT molecular complexity index is 1610. The van der Waals surface area contributed by atoms with Crippen LogP contribution in [0.5, 0.6) is 0 Å². The van der Waals surface area contributed by atoms with Crippen LogP contribution in [-0.4, -0.2) is 74.0 Å². The van der Waals surface area contributed by atoms with Gasteiger partial charge in [-0.25, -0.2) is 0 Å². The van der Waals surface area contributed by atoms with Crippen molar-refractivity contribution in [3.63, 3.8) is 0 Å². The van der Waals surface area contributed by atoms with Crippen LogP contribution < -0.4 is 5.32 Å². The molecule has 1 fully saturated rings. The van der Waals surface area contributed by atoms with Crippen molar-refractivity contribution >= 4 is 29.5 Å². The number of carbonyl (C=O) groups excluding carboxylic acids is 3. The van der Waals surface area contributed by atoms with Crippen molar-refractivity contribution in [1.29, 1.82) is 0 Å². The van der Waals surface area contributed by atoms with E-state index in [1.165, 1.54) is 4.90 Å². The summed E-state index contributed by atoms with van der Waals surface area (Å²) in [6, 6.07) is 23.2. The minimum Gasteiger partial charge on any atom is -0.391 e. The Morgan fingerprint density at radius 3 is 2.45 bits per heavy atom. The Hall–Kier alpha value is -4.41. The van der Waals surface area contributed by atoms with Gasteiger partial charge in [-0.05, 0) is 23.3 Å². The maximum Gasteiger partial charge on any atom is 0.256 e. The van der Waals surface area contributed by atoms with Crippen LogP contribution in [0.15, 0.2) is 97.5 Å². The number of benzene rings is 2. The fourth-order valence-corrected chi connectivity index (χ4v) is 7.33. The van der Waals surface area contributed by atoms with E-state index in [1.807, 2.05) is 85.2 Å². The average Bonchev–Trinajstić information content (AvgIpc) is 3.77. The van der Waals surface area contributed by atoms with Crippen molar-refractivity contribution in [2.75, 3.05) is 13.6 Å². The first-order chi connectivity index (χ1) is 21.4. The fourth-order valence-electron chi connectivity index (χ4n) is 6.02. The van der Waals surface area contributed by atoms with E-state index in [0.717, 1.165) is 22.4 Å². The number of pyridine rings is 1. The van der Waals surface area contributed by atoms with Crippen LogP contribution >= 0.6 is 11.8 Å². The molecule has 44 heavy (non-hydrogen) atoms. The van der Waals surface area contributed by atoms with Crippen LogP contribution in [0.25, 0.3) is 0 Å². The molecule has 10 heteroatoms. The third kappa shape index (κ3) is 6.27. The topological polar surface area (TPSA) is 108 Å². The second-order valence-electron chi connectivity index (χ2n) is 11.3. The highest BCUT2D eigenvalue weighted by molar-refractivity contribution is 7.99. The van der Waals surface area contributed by atoms with Gasteiger partial charge in [0.2, 0.25) is 11.8 Å². The number of fused-ring (bicyclic) bond motifs is 1. The molecule has 0 radical (unpaired) electrons. The lowest BCUT2D eigenvalue weighted by atomic mass is 10.0. The number of rotatable bonds is 9. The Morgan fingerprint density at radius 2 is 1.75 bits per heavy atom. The number of thioether (sulfide) groups is 1. The maximum absolute atomic E-state index is 13.9. The van der Waals surface area contributed by atoms with E-state index in [2.05, 4.69) is 14.9 Å². The quantitative estimate of drug-likeness (QED) is 0.300. The second kappa shape index (κ2) is 13.1. The highest BCUT2D eigenvalue weighted by Gasteiger charge is 2.42. The summed E-state index contributed by atoms with van der Waals surface area (Å²) in [6.45, 7) is 0.442. The largest absolute Gasteiger partial charge is 0.391 e. The van der Waals surface area contributed by atoms with Gasteiger partial charge in [-0.15, -0.1) is 11.8 Å². The first-order valence-corrected chi connectivity index (χ1v) is 15.8. The van der Waals surface area contributed by atoms with Gasteiger partial charge < -0.3 is 24.8 Å². The standard InChI is InChI=1S/C34H35N5O4S/c1-37(20-24-11-6-3-7-12-24)33(43)28(17-23-9-4-2-5-10-23)36-31(41)29-18-26(40)21-39(29)32(42)27-14-16-38-30(27)22-44-34(38)25-13-8-15-35-19-25/h2-16,19,26,28-29,34,40H,17-18,20-22H2,1H3,(H,36,41). The van der Waals surface area contributed by atoms with E-state index < -0.39 is 24.1 Å². The van der Waals surface area contributed by atoms with E-state index in [9.17, 15) is 19.5 Å². The van der Waals surface area contributed by atoms with E-state index in [1.54, 1.807) is 36.0 Å². The molecule has 4 unspecified atom stereocenters. The number of likely N-dealkylation sites (tertiary alicyclic amines) is 1. The van der Waals surface area contributed by atoms with E-state index >= 15 is 0 Å². The predicted molar refractivity (Wildman–Crippen MR) is 169 cm³/mol. The summed E-state index contributed by atoms with van der Waals surface area (Å²) in [4.78, 5) is 48.8. The zero-order valence-corrected chi connectivity index (χ0v) is 25.3. The molecule has 9 nitrogen and oxygen atoms in total. The molecule has 4 heterocycles. The molecule has 6 rings (SSSR count). The van der Waals surface area contributed by atoms with Crippen LogP contribution in [0, 0.1) is 0 Å². The summed E-state index contributed by atoms with van der Waals surface area (Å²) < 4.78 is 2.08. The zero-order valence-electron chi connectivity index (χ0n) is 24.5. The third-order valence-corrected chi connectivity index (χ3v) is 9.49. The van der Waals surface area contributed by atoms with E-state index in [-0.39, 0.29) is 30.2 Å². The first-order valence-electron chi connectivity index (χ1n) is 14.7. The van der Waals surface area contributed by atoms with Crippen molar-refractivity contribution in [2.45, 2.75) is 48.7 Å². The van der Waals surface area contributed by atoms with Crippen LogP contribution in [0.1, 0.15) is 44.5 Å². The minimum absolute atomic E-state index is 0.0150. The molecule has 2 aliphatic rings. The Balaban J connectivity index is 1.20. The molecule has 2 aromatic carbocycles. The van der Waals surface area contributed by atoms with Crippen LogP contribution in [0.4, 0.5) is 0 Å². The van der Waals surface area contributed by atoms with Crippen molar-refractivity contribution in [3.05, 3.63) is 125 Å². The number of nitrogens with zero attached hydrogens (tertiary/aromatic N) is 4. The molecule has 2 aliphatic heterocycles. The third-order valence-electron chi connectivity index (χ3n) is 8.23. The summed E-state index contributed by atoms with van der Waals surface area (Å²) in [5.41, 5.74) is 4.34. The molecule has 226 valence electrons. The van der Waals surface area contributed by atoms with Gasteiger partial charge >= 0.3 is 0 Å². The number of amides is 3. The molecule has 2 N–H and O–H groups in total. The van der Waals surface area contributed by atoms with Gasteiger partial charge in [0.05, 0.1) is 11.7 Å². The minimum atomic E-state index is -0.901. The molecule has 4 atom stereocenters. The molecule has 0 saturated carbocycles. The second-order valence-corrected chi connectivity index (χ2v) is 12.4.